The number of nitrogens with zero attached hydrogens (tertiary/aromatic N) is 2. The molecule has 0 radical (unpaired) electrons. The fourth-order valence-electron chi connectivity index (χ4n) is 3.33. The summed E-state index contributed by atoms with van der Waals surface area (Å²) in [7, 11) is 0. The Labute approximate surface area is 137 Å². The van der Waals surface area contributed by atoms with E-state index in [0.717, 1.165) is 32.2 Å². The predicted octanol–water partition coefficient (Wildman–Crippen LogP) is 2.60. The summed E-state index contributed by atoms with van der Waals surface area (Å²) in [5.74, 6) is 1.28. The molecule has 2 aliphatic heterocycles. The fraction of sp³-hybridized carbons (Fsp3) is 0.875. The van der Waals surface area contributed by atoms with Crippen molar-refractivity contribution in [2.24, 2.45) is 5.92 Å². The fourth-order valence-corrected chi connectivity index (χ4v) is 3.76. The van der Waals surface area contributed by atoms with Crippen molar-refractivity contribution in [1.82, 2.24) is 9.80 Å². The molecular weight excluding hydrogens is 300 g/mol. The van der Waals surface area contributed by atoms with Gasteiger partial charge >= 0.3 is 6.09 Å². The van der Waals surface area contributed by atoms with Gasteiger partial charge in [-0.25, -0.2) is 4.79 Å². The molecule has 2 saturated heterocycles. The maximum Gasteiger partial charge on any atom is 0.410 e. The van der Waals surface area contributed by atoms with Gasteiger partial charge < -0.3 is 14.5 Å². The molecule has 6 heteroatoms. The molecular formula is C16H28N2O3S. The van der Waals surface area contributed by atoms with Crippen molar-refractivity contribution in [1.29, 1.82) is 0 Å². The zero-order valence-electron chi connectivity index (χ0n) is 14.0. The molecule has 126 valence electrons. The van der Waals surface area contributed by atoms with Gasteiger partial charge in [0.25, 0.3) is 0 Å². The Hall–Kier alpha value is -0.910. The quantitative estimate of drug-likeness (QED) is 0.752. The average Bonchev–Trinajstić information content (AvgIpc) is 2.81. The van der Waals surface area contributed by atoms with Gasteiger partial charge in [0.1, 0.15) is 5.60 Å². The van der Waals surface area contributed by atoms with E-state index in [-0.39, 0.29) is 17.6 Å². The van der Waals surface area contributed by atoms with E-state index in [0.29, 0.717) is 31.3 Å². The largest absolute Gasteiger partial charge is 0.441 e. The van der Waals surface area contributed by atoms with Gasteiger partial charge in [0.15, 0.2) is 0 Å². The highest BCUT2D eigenvalue weighted by molar-refractivity contribution is 7.99. The first-order valence-electron chi connectivity index (χ1n) is 8.28. The number of ether oxygens (including phenoxy) is 1. The van der Waals surface area contributed by atoms with Crippen LogP contribution in [0.15, 0.2) is 0 Å². The minimum Gasteiger partial charge on any atom is -0.441 e. The normalized spacial score (nSPS) is 20.8. The molecule has 0 bridgehead atoms. The van der Waals surface area contributed by atoms with Crippen LogP contribution in [0.2, 0.25) is 0 Å². The minimum atomic E-state index is -0.362. The van der Waals surface area contributed by atoms with Crippen LogP contribution >= 0.6 is 11.8 Å². The van der Waals surface area contributed by atoms with Crippen LogP contribution < -0.4 is 0 Å². The monoisotopic (exact) mass is 328 g/mol. The molecule has 0 aliphatic carbocycles. The van der Waals surface area contributed by atoms with Crippen LogP contribution in [0.3, 0.4) is 0 Å². The number of hydrogen-bond donors (Lipinski definition) is 0. The molecule has 2 amide bonds. The average molecular weight is 328 g/mol. The first-order chi connectivity index (χ1) is 10.5. The van der Waals surface area contributed by atoms with Gasteiger partial charge in [-0.2, -0.15) is 11.8 Å². The van der Waals surface area contributed by atoms with E-state index in [4.69, 9.17) is 4.74 Å². The van der Waals surface area contributed by atoms with Crippen LogP contribution in [0.5, 0.6) is 0 Å². The molecule has 0 unspecified atom stereocenters. The maximum absolute atomic E-state index is 12.2. The number of carbonyl (C=O) groups is 2. The summed E-state index contributed by atoms with van der Waals surface area (Å²) in [6.45, 7) is 7.22. The summed E-state index contributed by atoms with van der Waals surface area (Å²) < 4.78 is 5.72. The lowest BCUT2D eigenvalue weighted by molar-refractivity contribution is -0.131. The highest BCUT2D eigenvalue weighted by Crippen LogP contribution is 2.34. The highest BCUT2D eigenvalue weighted by atomic mass is 32.2. The van der Waals surface area contributed by atoms with Gasteiger partial charge in [0, 0.05) is 32.5 Å². The van der Waals surface area contributed by atoms with Crippen LogP contribution in [0.25, 0.3) is 0 Å². The minimum absolute atomic E-state index is 0.171. The van der Waals surface area contributed by atoms with E-state index in [9.17, 15) is 9.59 Å². The standard InChI is InChI=1S/C16H28N2O3S/c1-4-13(5-2)10-18-12-16(21-15(18)20)6-8-17(9-7-16)14(19)11-22-3/h13H,4-12H2,1-3H3. The van der Waals surface area contributed by atoms with Crippen molar-refractivity contribution in [3.8, 4) is 0 Å². The topological polar surface area (TPSA) is 49.9 Å². The summed E-state index contributed by atoms with van der Waals surface area (Å²) in [5.41, 5.74) is -0.362. The van der Waals surface area contributed by atoms with Crippen LogP contribution in [0, 0.1) is 5.92 Å². The van der Waals surface area contributed by atoms with Crippen molar-refractivity contribution in [3.05, 3.63) is 0 Å². The molecule has 0 aromatic carbocycles. The van der Waals surface area contributed by atoms with Crippen LogP contribution in [-0.4, -0.2) is 65.6 Å². The number of amides is 2. The van der Waals surface area contributed by atoms with E-state index in [1.807, 2.05) is 16.1 Å². The van der Waals surface area contributed by atoms with Crippen LogP contribution in [-0.2, 0) is 9.53 Å². The van der Waals surface area contributed by atoms with Crippen LogP contribution in [0.1, 0.15) is 39.5 Å². The summed E-state index contributed by atoms with van der Waals surface area (Å²) in [6.07, 6.45) is 5.47. The third-order valence-corrected chi connectivity index (χ3v) is 5.51. The van der Waals surface area contributed by atoms with Crippen LogP contribution in [0.4, 0.5) is 4.79 Å². The van der Waals surface area contributed by atoms with Crippen molar-refractivity contribution < 1.29 is 14.3 Å². The Morgan fingerprint density at radius 3 is 2.50 bits per heavy atom. The second-order valence-corrected chi connectivity index (χ2v) is 7.29. The predicted molar refractivity (Wildman–Crippen MR) is 89.1 cm³/mol. The Balaban J connectivity index is 1.89. The lowest BCUT2D eigenvalue weighted by Crippen LogP contribution is -2.49. The van der Waals surface area contributed by atoms with Crippen molar-refractivity contribution >= 4 is 23.8 Å². The highest BCUT2D eigenvalue weighted by Gasteiger charge is 2.47. The van der Waals surface area contributed by atoms with E-state index in [2.05, 4.69) is 13.8 Å². The molecule has 0 N–H and O–H groups in total. The molecule has 2 aliphatic rings. The Morgan fingerprint density at radius 2 is 1.95 bits per heavy atom. The summed E-state index contributed by atoms with van der Waals surface area (Å²) in [6, 6.07) is 0. The second-order valence-electron chi connectivity index (χ2n) is 6.43. The lowest BCUT2D eigenvalue weighted by Gasteiger charge is -2.37. The van der Waals surface area contributed by atoms with E-state index in [1.165, 1.54) is 0 Å². The zero-order chi connectivity index (χ0) is 16.2. The van der Waals surface area contributed by atoms with Gasteiger partial charge in [0.05, 0.1) is 12.3 Å². The summed E-state index contributed by atoms with van der Waals surface area (Å²) >= 11 is 1.55. The number of likely N-dealkylation sites (tertiary alicyclic amines) is 1. The first kappa shape index (κ1) is 17.4. The number of hydrogen-bond acceptors (Lipinski definition) is 4. The first-order valence-corrected chi connectivity index (χ1v) is 9.67. The molecule has 0 atom stereocenters. The number of carbonyl (C=O) groups excluding carboxylic acids is 2. The Morgan fingerprint density at radius 1 is 1.32 bits per heavy atom. The number of rotatable bonds is 6. The number of piperidine rings is 1. The van der Waals surface area contributed by atoms with E-state index in [1.54, 1.807) is 11.8 Å². The number of thioether (sulfide) groups is 1. The van der Waals surface area contributed by atoms with Crippen molar-refractivity contribution in [2.75, 3.05) is 38.2 Å². The molecule has 1 spiro atoms. The molecule has 0 aromatic heterocycles. The molecule has 22 heavy (non-hydrogen) atoms. The smallest absolute Gasteiger partial charge is 0.410 e. The van der Waals surface area contributed by atoms with E-state index >= 15 is 0 Å². The van der Waals surface area contributed by atoms with Gasteiger partial charge in [-0.3, -0.25) is 4.79 Å². The maximum atomic E-state index is 12.2. The third kappa shape index (κ3) is 3.89. The van der Waals surface area contributed by atoms with E-state index < -0.39 is 0 Å². The van der Waals surface area contributed by atoms with Crippen molar-refractivity contribution in [3.63, 3.8) is 0 Å². The Bertz CT molecular complexity index is 404. The van der Waals surface area contributed by atoms with Gasteiger partial charge in [-0.05, 0) is 12.2 Å². The lowest BCUT2D eigenvalue weighted by atomic mass is 9.91. The summed E-state index contributed by atoms with van der Waals surface area (Å²) in [4.78, 5) is 27.9. The molecule has 0 saturated carbocycles. The van der Waals surface area contributed by atoms with Gasteiger partial charge in [-0.1, -0.05) is 26.7 Å². The molecule has 2 rings (SSSR count). The van der Waals surface area contributed by atoms with Gasteiger partial charge in [-0.15, -0.1) is 0 Å². The zero-order valence-corrected chi connectivity index (χ0v) is 14.8. The molecule has 2 heterocycles. The summed E-state index contributed by atoms with van der Waals surface area (Å²) in [5, 5.41) is 0. The second kappa shape index (κ2) is 7.57. The van der Waals surface area contributed by atoms with Gasteiger partial charge in [0.2, 0.25) is 5.91 Å². The molecule has 5 nitrogen and oxygen atoms in total. The SMILES string of the molecule is CCC(CC)CN1CC2(CCN(C(=O)CSC)CC2)OC1=O. The third-order valence-electron chi connectivity index (χ3n) is 4.97. The molecule has 2 fully saturated rings. The Kier molecular flexibility index (Phi) is 6.01. The van der Waals surface area contributed by atoms with Crippen molar-refractivity contribution in [2.45, 2.75) is 45.1 Å². The molecule has 0 aromatic rings.